The second-order valence-corrected chi connectivity index (χ2v) is 7.70. The van der Waals surface area contributed by atoms with E-state index in [1.54, 1.807) is 0 Å². The smallest absolute Gasteiger partial charge is 0.0544 e. The molecule has 0 N–H and O–H groups in total. The number of allylic oxidation sites excluding steroid dienone is 1. The molecule has 1 aliphatic carbocycles. The lowest BCUT2D eigenvalue weighted by Gasteiger charge is -2.35. The zero-order valence-electron chi connectivity index (χ0n) is 15.1. The van der Waals surface area contributed by atoms with E-state index in [9.17, 15) is 0 Å². The van der Waals surface area contributed by atoms with Gasteiger partial charge in [-0.25, -0.2) is 0 Å². The molecule has 1 heterocycles. The van der Waals surface area contributed by atoms with Crippen LogP contribution in [0.4, 0.5) is 0 Å². The van der Waals surface area contributed by atoms with Gasteiger partial charge in [0.1, 0.15) is 0 Å². The highest BCUT2D eigenvalue weighted by molar-refractivity contribution is 5.71. The van der Waals surface area contributed by atoms with Crippen LogP contribution in [0, 0.1) is 17.3 Å². The van der Waals surface area contributed by atoms with Crippen molar-refractivity contribution in [2.24, 2.45) is 22.4 Å². The highest BCUT2D eigenvalue weighted by Crippen LogP contribution is 2.51. The Hall–Kier alpha value is -0.790. The van der Waals surface area contributed by atoms with Crippen LogP contribution in [0.25, 0.3) is 0 Å². The van der Waals surface area contributed by atoms with Crippen molar-refractivity contribution < 1.29 is 0 Å². The Balaban J connectivity index is 1.82. The minimum Gasteiger partial charge on any atom is -0.293 e. The molecule has 0 saturated heterocycles. The van der Waals surface area contributed by atoms with Crippen LogP contribution in [0.2, 0.25) is 0 Å². The number of hydrazone groups is 1. The molecule has 2 aliphatic rings. The Morgan fingerprint density at radius 3 is 2.68 bits per heavy atom. The van der Waals surface area contributed by atoms with Gasteiger partial charge < -0.3 is 0 Å². The van der Waals surface area contributed by atoms with E-state index in [1.165, 1.54) is 57.8 Å². The molecule has 0 aromatic rings. The average molecular weight is 305 g/mol. The summed E-state index contributed by atoms with van der Waals surface area (Å²) >= 11 is 0. The van der Waals surface area contributed by atoms with E-state index in [2.05, 4.69) is 43.0 Å². The van der Waals surface area contributed by atoms with Gasteiger partial charge in [0.2, 0.25) is 0 Å². The Bertz CT molecular complexity index is 374. The fraction of sp³-hybridized carbons (Fsp3) is 0.850. The normalized spacial score (nSPS) is 31.1. The van der Waals surface area contributed by atoms with Gasteiger partial charge in [0.15, 0.2) is 0 Å². The topological polar surface area (TPSA) is 15.6 Å². The van der Waals surface area contributed by atoms with Gasteiger partial charge in [0, 0.05) is 12.8 Å². The van der Waals surface area contributed by atoms with Crippen LogP contribution in [-0.4, -0.2) is 24.3 Å². The summed E-state index contributed by atoms with van der Waals surface area (Å²) in [6, 6.07) is 0. The van der Waals surface area contributed by atoms with Crippen LogP contribution in [-0.2, 0) is 0 Å². The van der Waals surface area contributed by atoms with Crippen molar-refractivity contribution >= 4 is 6.21 Å². The van der Waals surface area contributed by atoms with Crippen LogP contribution < -0.4 is 0 Å². The fourth-order valence-electron chi connectivity index (χ4n) is 4.77. The maximum absolute atomic E-state index is 4.53. The van der Waals surface area contributed by atoms with Crippen molar-refractivity contribution in [2.75, 3.05) is 13.1 Å². The Labute approximate surface area is 138 Å². The monoisotopic (exact) mass is 304 g/mol. The van der Waals surface area contributed by atoms with Crippen LogP contribution in [0.5, 0.6) is 0 Å². The molecule has 0 radical (unpaired) electrons. The molecule has 126 valence electrons. The number of hydrogen-bond acceptors (Lipinski definition) is 2. The number of rotatable bonds is 9. The van der Waals surface area contributed by atoms with E-state index in [-0.39, 0.29) is 0 Å². The summed E-state index contributed by atoms with van der Waals surface area (Å²) in [7, 11) is 0. The first-order valence-electron chi connectivity index (χ1n) is 9.63. The predicted molar refractivity (Wildman–Crippen MR) is 97.2 cm³/mol. The molecule has 2 heteroatoms. The quantitative estimate of drug-likeness (QED) is 0.503. The van der Waals surface area contributed by atoms with Gasteiger partial charge in [-0.05, 0) is 42.6 Å². The maximum atomic E-state index is 4.53. The number of nitrogens with zero attached hydrogens (tertiary/aromatic N) is 2. The zero-order chi connectivity index (χ0) is 15.8. The SMILES string of the molecule is CCCCCCCC1(C)CCC(CN2CC=CC=N2)C1CC. The van der Waals surface area contributed by atoms with Gasteiger partial charge in [0.05, 0.1) is 6.54 Å². The lowest BCUT2D eigenvalue weighted by Crippen LogP contribution is -2.32. The maximum Gasteiger partial charge on any atom is 0.0544 e. The van der Waals surface area contributed by atoms with E-state index in [1.807, 2.05) is 6.21 Å². The summed E-state index contributed by atoms with van der Waals surface area (Å²) < 4.78 is 0. The molecule has 1 fully saturated rings. The van der Waals surface area contributed by atoms with E-state index in [4.69, 9.17) is 0 Å². The van der Waals surface area contributed by atoms with E-state index >= 15 is 0 Å². The molecule has 2 nitrogen and oxygen atoms in total. The first-order valence-corrected chi connectivity index (χ1v) is 9.63. The first kappa shape index (κ1) is 17.6. The fourth-order valence-corrected chi connectivity index (χ4v) is 4.77. The largest absolute Gasteiger partial charge is 0.293 e. The minimum absolute atomic E-state index is 0.584. The average Bonchev–Trinajstić information content (AvgIpc) is 2.84. The highest BCUT2D eigenvalue weighted by atomic mass is 15.4. The van der Waals surface area contributed by atoms with Crippen molar-refractivity contribution in [3.8, 4) is 0 Å². The Morgan fingerprint density at radius 2 is 2.00 bits per heavy atom. The van der Waals surface area contributed by atoms with Gasteiger partial charge in [-0.3, -0.25) is 5.01 Å². The number of hydrogen-bond donors (Lipinski definition) is 0. The third kappa shape index (κ3) is 4.60. The minimum atomic E-state index is 0.584. The van der Waals surface area contributed by atoms with Crippen LogP contribution >= 0.6 is 0 Å². The molecule has 0 aromatic carbocycles. The van der Waals surface area contributed by atoms with Gasteiger partial charge >= 0.3 is 0 Å². The van der Waals surface area contributed by atoms with Gasteiger partial charge in [-0.1, -0.05) is 65.4 Å². The lowest BCUT2D eigenvalue weighted by molar-refractivity contribution is 0.140. The van der Waals surface area contributed by atoms with Gasteiger partial charge in [0.25, 0.3) is 0 Å². The molecule has 3 unspecified atom stereocenters. The van der Waals surface area contributed by atoms with Crippen molar-refractivity contribution in [3.63, 3.8) is 0 Å². The van der Waals surface area contributed by atoms with Crippen LogP contribution in [0.1, 0.15) is 78.6 Å². The molecule has 0 bridgehead atoms. The van der Waals surface area contributed by atoms with Crippen molar-refractivity contribution in [1.82, 2.24) is 5.01 Å². The van der Waals surface area contributed by atoms with Gasteiger partial charge in [-0.2, -0.15) is 5.10 Å². The van der Waals surface area contributed by atoms with Crippen LogP contribution in [0.3, 0.4) is 0 Å². The highest BCUT2D eigenvalue weighted by Gasteiger charge is 2.43. The summed E-state index contributed by atoms with van der Waals surface area (Å²) in [4.78, 5) is 0. The molecule has 2 rings (SSSR count). The Kier molecular flexibility index (Phi) is 6.98. The molecule has 1 aliphatic heterocycles. The molecule has 0 aromatic heterocycles. The van der Waals surface area contributed by atoms with Gasteiger partial charge in [-0.15, -0.1) is 0 Å². The van der Waals surface area contributed by atoms with E-state index < -0.39 is 0 Å². The predicted octanol–water partition coefficient (Wildman–Crippen LogP) is 5.65. The summed E-state index contributed by atoms with van der Waals surface area (Å²) in [6.07, 6.45) is 18.9. The Morgan fingerprint density at radius 1 is 1.18 bits per heavy atom. The summed E-state index contributed by atoms with van der Waals surface area (Å²) in [5.41, 5.74) is 0.584. The molecule has 3 atom stereocenters. The standard InChI is InChI=1S/C20H36N2/c1-4-6-7-8-9-13-20(3)14-12-18(19(20)5-2)17-22-16-11-10-15-21-22/h10-11,15,18-19H,4-9,12-14,16-17H2,1-3H3. The van der Waals surface area contributed by atoms with E-state index in [0.29, 0.717) is 5.41 Å². The molecular weight excluding hydrogens is 268 g/mol. The van der Waals surface area contributed by atoms with Crippen LogP contribution in [0.15, 0.2) is 17.3 Å². The van der Waals surface area contributed by atoms with Crippen molar-refractivity contribution in [3.05, 3.63) is 12.2 Å². The zero-order valence-corrected chi connectivity index (χ0v) is 15.1. The third-order valence-corrected chi connectivity index (χ3v) is 6.06. The van der Waals surface area contributed by atoms with E-state index in [0.717, 1.165) is 24.9 Å². The first-order chi connectivity index (χ1) is 10.7. The summed E-state index contributed by atoms with van der Waals surface area (Å²) in [6.45, 7) is 9.42. The number of unbranched alkanes of at least 4 members (excludes halogenated alkanes) is 4. The molecule has 0 amide bonds. The molecule has 22 heavy (non-hydrogen) atoms. The summed E-state index contributed by atoms with van der Waals surface area (Å²) in [5, 5.41) is 6.79. The van der Waals surface area contributed by atoms with Crippen molar-refractivity contribution in [1.29, 1.82) is 0 Å². The molecular formula is C20H36N2. The third-order valence-electron chi connectivity index (χ3n) is 6.06. The lowest BCUT2D eigenvalue weighted by atomic mass is 9.72. The summed E-state index contributed by atoms with van der Waals surface area (Å²) in [5.74, 6) is 1.73. The molecule has 0 spiro atoms. The molecule has 1 saturated carbocycles. The second-order valence-electron chi connectivity index (χ2n) is 7.70. The second kappa shape index (κ2) is 8.74. The van der Waals surface area contributed by atoms with Crippen molar-refractivity contribution in [2.45, 2.75) is 78.6 Å².